The van der Waals surface area contributed by atoms with Crippen molar-refractivity contribution < 1.29 is 17.6 Å². The molecule has 0 atom stereocenters. The summed E-state index contributed by atoms with van der Waals surface area (Å²) in [5.41, 5.74) is 5.91. The number of hydrogen-bond acceptors (Lipinski definition) is 8. The molecule has 5 heterocycles. The Morgan fingerprint density at radius 1 is 1.00 bits per heavy atom. The first-order chi connectivity index (χ1) is 20.7. The Balaban J connectivity index is 1.25. The van der Waals surface area contributed by atoms with Gasteiger partial charge >= 0.3 is 0 Å². The molecule has 0 aliphatic heterocycles. The zero-order valence-corrected chi connectivity index (χ0v) is 23.5. The first-order valence-electron chi connectivity index (χ1n) is 13.4. The van der Waals surface area contributed by atoms with Gasteiger partial charge in [-0.05, 0) is 54.3 Å². The van der Waals surface area contributed by atoms with Crippen LogP contribution in [0.15, 0.2) is 61.3 Å². The van der Waals surface area contributed by atoms with Crippen LogP contribution in [0.1, 0.15) is 18.4 Å². The van der Waals surface area contributed by atoms with Crippen molar-refractivity contribution in [2.24, 2.45) is 5.92 Å². The average molecular weight is 598 g/mol. The van der Waals surface area contributed by atoms with Crippen molar-refractivity contribution >= 4 is 43.7 Å². The molecule has 216 valence electrons. The topological polar surface area (TPSA) is 171 Å². The highest BCUT2D eigenvalue weighted by Crippen LogP contribution is 2.34. The van der Waals surface area contributed by atoms with E-state index in [9.17, 15) is 17.6 Å². The van der Waals surface area contributed by atoms with Crippen LogP contribution in [0.2, 0.25) is 0 Å². The molecular weight excluding hydrogens is 573 g/mol. The third kappa shape index (κ3) is 5.57. The number of sulfonamides is 1. The van der Waals surface area contributed by atoms with Crippen molar-refractivity contribution in [2.75, 3.05) is 11.6 Å². The molecule has 0 saturated heterocycles. The lowest BCUT2D eigenvalue weighted by atomic mass is 10.0. The number of H-pyrrole nitrogens is 2. The van der Waals surface area contributed by atoms with Gasteiger partial charge in [0.25, 0.3) is 0 Å². The fraction of sp³-hybridized carbons (Fsp3) is 0.172. The Morgan fingerprint density at radius 3 is 2.63 bits per heavy atom. The number of fused-ring (bicyclic) bond motifs is 2. The highest BCUT2D eigenvalue weighted by Gasteiger charge is 2.29. The maximum atomic E-state index is 14.6. The summed E-state index contributed by atoms with van der Waals surface area (Å²) in [5.74, 6) is 0.0180. The van der Waals surface area contributed by atoms with Gasteiger partial charge in [0, 0.05) is 47.7 Å². The van der Waals surface area contributed by atoms with E-state index in [-0.39, 0.29) is 18.4 Å². The molecule has 6 aromatic rings. The second-order valence-corrected chi connectivity index (χ2v) is 12.4. The quantitative estimate of drug-likeness (QED) is 0.203. The normalized spacial score (nSPS) is 13.5. The molecule has 4 N–H and O–H groups in total. The van der Waals surface area contributed by atoms with Gasteiger partial charge < -0.3 is 10.3 Å². The number of carbonyl (C=O) groups excluding carboxylic acids is 1. The molecule has 1 aromatic carbocycles. The smallest absolute Gasteiger partial charge is 0.227 e. The molecular formula is C29H24FN9O3S. The molecule has 1 saturated carbocycles. The van der Waals surface area contributed by atoms with Crippen LogP contribution in [0.5, 0.6) is 0 Å². The van der Waals surface area contributed by atoms with Crippen LogP contribution in [0.25, 0.3) is 55.8 Å². The molecule has 1 aliphatic carbocycles. The number of aromatic amines is 2. The molecule has 1 fully saturated rings. The number of halogens is 1. The minimum Gasteiger partial charge on any atom is -0.335 e. The van der Waals surface area contributed by atoms with E-state index in [0.717, 1.165) is 30.2 Å². The summed E-state index contributed by atoms with van der Waals surface area (Å²) in [6.07, 6.45) is 11.1. The van der Waals surface area contributed by atoms with Crippen LogP contribution < -0.4 is 10.0 Å². The van der Waals surface area contributed by atoms with Gasteiger partial charge in [-0.15, -0.1) is 0 Å². The van der Waals surface area contributed by atoms with Gasteiger partial charge in [0.2, 0.25) is 15.9 Å². The third-order valence-electron chi connectivity index (χ3n) is 7.13. The first-order valence-corrected chi connectivity index (χ1v) is 15.3. The molecule has 43 heavy (non-hydrogen) atoms. The van der Waals surface area contributed by atoms with E-state index in [1.54, 1.807) is 37.1 Å². The fourth-order valence-corrected chi connectivity index (χ4v) is 5.31. The number of amides is 1. The molecule has 7 rings (SSSR count). The predicted molar refractivity (Wildman–Crippen MR) is 158 cm³/mol. The van der Waals surface area contributed by atoms with Gasteiger partial charge in [0.05, 0.1) is 40.8 Å². The van der Waals surface area contributed by atoms with E-state index in [1.165, 1.54) is 12.1 Å². The maximum Gasteiger partial charge on any atom is 0.227 e. The van der Waals surface area contributed by atoms with Gasteiger partial charge in [-0.25, -0.2) is 27.5 Å². The van der Waals surface area contributed by atoms with E-state index in [0.29, 0.717) is 56.0 Å². The van der Waals surface area contributed by atoms with Crippen LogP contribution in [0, 0.1) is 11.7 Å². The van der Waals surface area contributed by atoms with Crippen molar-refractivity contribution in [3.63, 3.8) is 0 Å². The molecule has 0 bridgehead atoms. The lowest BCUT2D eigenvalue weighted by Crippen LogP contribution is -2.21. The summed E-state index contributed by atoms with van der Waals surface area (Å²) < 4.78 is 40.0. The Kier molecular flexibility index (Phi) is 6.43. The Bertz CT molecular complexity index is 2160. The molecule has 1 aliphatic rings. The number of nitrogens with one attached hydrogen (secondary N) is 4. The minimum absolute atomic E-state index is 0.00317. The van der Waals surface area contributed by atoms with Crippen molar-refractivity contribution in [1.82, 2.24) is 39.8 Å². The van der Waals surface area contributed by atoms with E-state index in [2.05, 4.69) is 40.2 Å². The number of anilines is 1. The monoisotopic (exact) mass is 597 g/mol. The molecule has 0 unspecified atom stereocenters. The number of rotatable bonds is 8. The second-order valence-electron chi connectivity index (χ2n) is 10.5. The zero-order chi connectivity index (χ0) is 29.7. The van der Waals surface area contributed by atoms with Crippen LogP contribution >= 0.6 is 0 Å². The lowest BCUT2D eigenvalue weighted by molar-refractivity contribution is -0.117. The Hall–Kier alpha value is -5.08. The number of benzene rings is 1. The van der Waals surface area contributed by atoms with Gasteiger partial charge in [-0.2, -0.15) is 5.10 Å². The summed E-state index contributed by atoms with van der Waals surface area (Å²) in [7, 11) is -3.45. The molecule has 5 aromatic heterocycles. The Morgan fingerprint density at radius 2 is 1.81 bits per heavy atom. The van der Waals surface area contributed by atoms with E-state index in [1.807, 2.05) is 12.1 Å². The second kappa shape index (κ2) is 10.3. The van der Waals surface area contributed by atoms with Crippen molar-refractivity contribution in [2.45, 2.75) is 19.4 Å². The molecule has 14 heteroatoms. The number of carbonyl (C=O) groups is 1. The number of hydrogen-bond donors (Lipinski definition) is 4. The van der Waals surface area contributed by atoms with Crippen molar-refractivity contribution in [3.8, 4) is 33.8 Å². The van der Waals surface area contributed by atoms with Crippen LogP contribution in [-0.4, -0.2) is 55.7 Å². The largest absolute Gasteiger partial charge is 0.335 e. The van der Waals surface area contributed by atoms with Gasteiger partial charge in [-0.3, -0.25) is 19.9 Å². The average Bonchev–Trinajstić information content (AvgIpc) is 3.61. The first kappa shape index (κ1) is 26.8. The van der Waals surface area contributed by atoms with Gasteiger partial charge in [-0.1, -0.05) is 0 Å². The fourth-order valence-electron chi connectivity index (χ4n) is 4.88. The van der Waals surface area contributed by atoms with E-state index >= 15 is 0 Å². The summed E-state index contributed by atoms with van der Waals surface area (Å²) in [4.78, 5) is 33.4. The number of imidazole rings is 1. The standard InChI is InChI=1S/C29H24FN9O3S/c1-43(41,42)34-9-15-4-17(6-20(30)5-15)23-13-32-14-24-25(23)37-28(36-24)26-22-8-19(11-33-27(22)39-38-26)18-7-21(12-31-10-18)35-29(40)16-2-3-16/h4-8,10-14,16,34H,2-3,9H2,1H3,(H,35,40)(H,36,37)(H,33,38,39). The maximum absolute atomic E-state index is 14.6. The Labute approximate surface area is 244 Å². The third-order valence-corrected chi connectivity index (χ3v) is 7.80. The highest BCUT2D eigenvalue weighted by atomic mass is 32.2. The van der Waals surface area contributed by atoms with E-state index < -0.39 is 15.8 Å². The van der Waals surface area contributed by atoms with Gasteiger partial charge in [0.1, 0.15) is 11.5 Å². The summed E-state index contributed by atoms with van der Waals surface area (Å²) in [6.45, 7) is -0.0568. The molecule has 12 nitrogen and oxygen atoms in total. The predicted octanol–water partition coefficient (Wildman–Crippen LogP) is 4.16. The highest BCUT2D eigenvalue weighted by molar-refractivity contribution is 7.88. The molecule has 1 amide bonds. The number of aromatic nitrogens is 7. The number of nitrogens with zero attached hydrogens (tertiary/aromatic N) is 5. The summed E-state index contributed by atoms with van der Waals surface area (Å²) in [6, 6.07) is 8.10. The SMILES string of the molecule is CS(=O)(=O)NCc1cc(F)cc(-c2cncc3[nH]c(-c4n[nH]c5ncc(-c6cncc(NC(=O)C7CC7)c6)cc45)nc23)c1. The van der Waals surface area contributed by atoms with E-state index in [4.69, 9.17) is 4.98 Å². The van der Waals surface area contributed by atoms with Crippen LogP contribution in [0.4, 0.5) is 10.1 Å². The molecule has 0 spiro atoms. The van der Waals surface area contributed by atoms with Crippen LogP contribution in [-0.2, 0) is 21.4 Å². The minimum atomic E-state index is -3.45. The number of pyridine rings is 3. The summed E-state index contributed by atoms with van der Waals surface area (Å²) >= 11 is 0. The lowest BCUT2D eigenvalue weighted by Gasteiger charge is -2.07. The van der Waals surface area contributed by atoms with Crippen molar-refractivity contribution in [1.29, 1.82) is 0 Å². The van der Waals surface area contributed by atoms with Crippen LogP contribution in [0.3, 0.4) is 0 Å². The summed E-state index contributed by atoms with van der Waals surface area (Å²) in [5, 5.41) is 11.0. The van der Waals surface area contributed by atoms with Gasteiger partial charge in [0.15, 0.2) is 11.5 Å². The molecule has 0 radical (unpaired) electrons. The zero-order valence-electron chi connectivity index (χ0n) is 22.7. The van der Waals surface area contributed by atoms with Crippen molar-refractivity contribution in [3.05, 3.63) is 72.7 Å².